The molecule has 23 heavy (non-hydrogen) atoms. The van der Waals surface area contributed by atoms with Crippen molar-refractivity contribution in [3.05, 3.63) is 16.6 Å². The predicted molar refractivity (Wildman–Crippen MR) is 93.2 cm³/mol. The Morgan fingerprint density at radius 2 is 2.17 bits per heavy atom. The van der Waals surface area contributed by atoms with E-state index < -0.39 is 0 Å². The molecule has 0 bridgehead atoms. The molecule has 0 aromatic carbocycles. The van der Waals surface area contributed by atoms with Crippen molar-refractivity contribution in [1.82, 2.24) is 20.4 Å². The van der Waals surface area contributed by atoms with Gasteiger partial charge in [-0.25, -0.2) is 0 Å². The minimum atomic E-state index is 0.0643. The van der Waals surface area contributed by atoms with Crippen LogP contribution in [0.2, 0.25) is 0 Å². The van der Waals surface area contributed by atoms with Crippen LogP contribution in [0.1, 0.15) is 59.9 Å². The Hall–Kier alpha value is -1.40. The van der Waals surface area contributed by atoms with Crippen molar-refractivity contribution in [2.75, 3.05) is 13.1 Å². The second-order valence-corrected chi connectivity index (χ2v) is 7.85. The van der Waals surface area contributed by atoms with Gasteiger partial charge in [-0.1, -0.05) is 19.3 Å². The van der Waals surface area contributed by atoms with Crippen molar-refractivity contribution < 1.29 is 4.79 Å². The summed E-state index contributed by atoms with van der Waals surface area (Å²) in [4.78, 5) is 14.5. The summed E-state index contributed by atoms with van der Waals surface area (Å²) in [7, 11) is 0. The van der Waals surface area contributed by atoms with E-state index in [9.17, 15) is 4.79 Å². The second kappa shape index (κ2) is 6.24. The number of carbonyl (C=O) groups excluding carboxylic acids is 1. The lowest BCUT2D eigenvalue weighted by Crippen LogP contribution is -2.35. The molecule has 2 fully saturated rings. The molecule has 1 atom stereocenters. The van der Waals surface area contributed by atoms with E-state index in [-0.39, 0.29) is 11.9 Å². The summed E-state index contributed by atoms with van der Waals surface area (Å²) in [5.41, 5.74) is 1.04. The van der Waals surface area contributed by atoms with Crippen LogP contribution in [0.5, 0.6) is 0 Å². The molecule has 1 saturated carbocycles. The van der Waals surface area contributed by atoms with Gasteiger partial charge in [0.25, 0.3) is 5.91 Å². The molecule has 1 saturated heterocycles. The second-order valence-electron chi connectivity index (χ2n) is 6.81. The number of nitrogens with zero attached hydrogens (tertiary/aromatic N) is 2. The minimum absolute atomic E-state index is 0.0643. The van der Waals surface area contributed by atoms with Crippen LogP contribution in [-0.4, -0.2) is 34.8 Å². The first kappa shape index (κ1) is 15.1. The van der Waals surface area contributed by atoms with Gasteiger partial charge in [0.2, 0.25) is 0 Å². The number of hydrogen-bond acceptors (Lipinski definition) is 4. The molecule has 4 rings (SSSR count). The lowest BCUT2D eigenvalue weighted by atomic mass is 9.96. The molecule has 6 heteroatoms. The van der Waals surface area contributed by atoms with E-state index in [1.807, 2.05) is 6.07 Å². The molecule has 124 valence electrons. The van der Waals surface area contributed by atoms with Gasteiger partial charge in [-0.3, -0.25) is 9.48 Å². The number of hydrogen-bond donors (Lipinski definition) is 2. The van der Waals surface area contributed by atoms with E-state index in [2.05, 4.69) is 22.2 Å². The Morgan fingerprint density at radius 3 is 2.91 bits per heavy atom. The van der Waals surface area contributed by atoms with E-state index in [1.54, 1.807) is 11.3 Å². The Labute approximate surface area is 140 Å². The summed E-state index contributed by atoms with van der Waals surface area (Å²) in [6.07, 6.45) is 7.36. The molecule has 2 N–H and O–H groups in total. The molecular formula is C17H24N4OS. The quantitative estimate of drug-likeness (QED) is 0.908. The number of thiophene rings is 1. The van der Waals surface area contributed by atoms with Gasteiger partial charge in [0.05, 0.1) is 16.6 Å². The molecule has 1 aliphatic heterocycles. The predicted octanol–water partition coefficient (Wildman–Crippen LogP) is 3.00. The highest BCUT2D eigenvalue weighted by molar-refractivity contribution is 7.20. The average Bonchev–Trinajstić information content (AvgIpc) is 3.27. The fourth-order valence-corrected chi connectivity index (χ4v) is 4.93. The lowest BCUT2D eigenvalue weighted by Gasteiger charge is -2.22. The summed E-state index contributed by atoms with van der Waals surface area (Å²) in [5.74, 6) is 0.0643. The van der Waals surface area contributed by atoms with Crippen LogP contribution in [0.25, 0.3) is 10.2 Å². The Kier molecular flexibility index (Phi) is 4.11. The molecule has 2 aromatic heterocycles. The fourth-order valence-electron chi connectivity index (χ4n) is 3.79. The van der Waals surface area contributed by atoms with Crippen molar-refractivity contribution in [2.24, 2.45) is 0 Å². The summed E-state index contributed by atoms with van der Waals surface area (Å²) in [6.45, 7) is 3.93. The van der Waals surface area contributed by atoms with Crippen LogP contribution in [-0.2, 0) is 0 Å². The van der Waals surface area contributed by atoms with Gasteiger partial charge >= 0.3 is 0 Å². The maximum Gasteiger partial charge on any atom is 0.261 e. The zero-order chi connectivity index (χ0) is 15.8. The zero-order valence-electron chi connectivity index (χ0n) is 13.6. The number of amides is 1. The average molecular weight is 332 g/mol. The summed E-state index contributed by atoms with van der Waals surface area (Å²) in [5, 5.41) is 12.3. The van der Waals surface area contributed by atoms with Crippen LogP contribution in [0.4, 0.5) is 0 Å². The van der Waals surface area contributed by atoms with Crippen molar-refractivity contribution in [1.29, 1.82) is 0 Å². The van der Waals surface area contributed by atoms with Crippen LogP contribution in [0.15, 0.2) is 6.07 Å². The maximum absolute atomic E-state index is 12.5. The molecule has 0 unspecified atom stereocenters. The fraction of sp³-hybridized carbons (Fsp3) is 0.647. The molecule has 0 spiro atoms. The van der Waals surface area contributed by atoms with Crippen LogP contribution >= 0.6 is 11.3 Å². The molecule has 2 aromatic rings. The highest BCUT2D eigenvalue weighted by Crippen LogP contribution is 2.35. The molecule has 1 amide bonds. The lowest BCUT2D eigenvalue weighted by molar-refractivity contribution is 0.0944. The van der Waals surface area contributed by atoms with Gasteiger partial charge in [-0.05, 0) is 38.8 Å². The monoisotopic (exact) mass is 332 g/mol. The topological polar surface area (TPSA) is 59.0 Å². The van der Waals surface area contributed by atoms with Gasteiger partial charge in [0.1, 0.15) is 4.83 Å². The first-order chi connectivity index (χ1) is 11.2. The van der Waals surface area contributed by atoms with Gasteiger partial charge < -0.3 is 10.6 Å². The first-order valence-electron chi connectivity index (χ1n) is 8.72. The normalized spacial score (nSPS) is 22.7. The first-order valence-corrected chi connectivity index (χ1v) is 9.54. The number of fused-ring (bicyclic) bond motifs is 1. The molecule has 0 radical (unpaired) electrons. The van der Waals surface area contributed by atoms with Crippen LogP contribution < -0.4 is 10.6 Å². The Morgan fingerprint density at radius 1 is 1.35 bits per heavy atom. The highest BCUT2D eigenvalue weighted by atomic mass is 32.1. The van der Waals surface area contributed by atoms with Crippen molar-refractivity contribution in [3.63, 3.8) is 0 Å². The number of nitrogens with one attached hydrogen (secondary N) is 2. The number of carbonyl (C=O) groups is 1. The smallest absolute Gasteiger partial charge is 0.261 e. The molecule has 2 aliphatic rings. The van der Waals surface area contributed by atoms with Gasteiger partial charge in [-0.15, -0.1) is 11.3 Å². The largest absolute Gasteiger partial charge is 0.347 e. The maximum atomic E-state index is 12.5. The Balaban J connectivity index is 1.60. The SMILES string of the molecule is Cc1nn(C2CCCCC2)c2sc(C(=O)N[C@@H]3CCNC3)cc12. The third-order valence-corrected chi connectivity index (χ3v) is 6.23. The van der Waals surface area contributed by atoms with E-state index in [0.717, 1.165) is 35.5 Å². The van der Waals surface area contributed by atoms with Gasteiger partial charge in [0.15, 0.2) is 0 Å². The third-order valence-electron chi connectivity index (χ3n) is 5.11. The summed E-state index contributed by atoms with van der Waals surface area (Å²) >= 11 is 1.60. The van der Waals surface area contributed by atoms with Crippen LogP contribution in [0.3, 0.4) is 0 Å². The number of rotatable bonds is 3. The van der Waals surface area contributed by atoms with Crippen molar-refractivity contribution in [3.8, 4) is 0 Å². The number of aryl methyl sites for hydroxylation is 1. The molecule has 3 heterocycles. The zero-order valence-corrected chi connectivity index (χ0v) is 14.4. The molecule has 1 aliphatic carbocycles. The van der Waals surface area contributed by atoms with E-state index in [0.29, 0.717) is 6.04 Å². The van der Waals surface area contributed by atoms with Crippen molar-refractivity contribution >= 4 is 27.5 Å². The number of aromatic nitrogens is 2. The summed E-state index contributed by atoms with van der Waals surface area (Å²) < 4.78 is 2.20. The van der Waals surface area contributed by atoms with Gasteiger partial charge in [0, 0.05) is 18.0 Å². The molecular weight excluding hydrogens is 308 g/mol. The van der Waals surface area contributed by atoms with Crippen molar-refractivity contribution in [2.45, 2.75) is 57.5 Å². The summed E-state index contributed by atoms with van der Waals surface area (Å²) in [6, 6.07) is 2.80. The minimum Gasteiger partial charge on any atom is -0.347 e. The standard InChI is InChI=1S/C17H24N4OS/c1-11-14-9-15(16(22)19-12-7-8-18-10-12)23-17(14)21(20-11)13-5-3-2-4-6-13/h9,12-13,18H,2-8,10H2,1H3,(H,19,22)/t12-/m1/s1. The highest BCUT2D eigenvalue weighted by Gasteiger charge is 2.24. The van der Waals surface area contributed by atoms with E-state index in [4.69, 9.17) is 5.10 Å². The van der Waals surface area contributed by atoms with E-state index in [1.165, 1.54) is 36.9 Å². The Bertz CT molecular complexity index is 708. The van der Waals surface area contributed by atoms with E-state index >= 15 is 0 Å². The van der Waals surface area contributed by atoms with Gasteiger partial charge in [-0.2, -0.15) is 5.10 Å². The third kappa shape index (κ3) is 2.90. The van der Waals surface area contributed by atoms with Crippen LogP contribution in [0, 0.1) is 6.92 Å². The molecule has 5 nitrogen and oxygen atoms in total.